The molecule has 1 radical (unpaired) electrons. The van der Waals surface area contributed by atoms with Crippen LogP contribution in [0.25, 0.3) is 0 Å². The zero-order chi connectivity index (χ0) is 6.91. The average molecular weight is 134 g/mol. The third-order valence-corrected chi connectivity index (χ3v) is 0.846. The van der Waals surface area contributed by atoms with Gasteiger partial charge in [0.15, 0.2) is 0 Å². The van der Waals surface area contributed by atoms with E-state index in [4.69, 9.17) is 0 Å². The number of nitrogens with one attached hydrogen (secondary N) is 1. The summed E-state index contributed by atoms with van der Waals surface area (Å²) < 4.78 is 34.7. The molecule has 0 aliphatic rings. The number of aromatic nitrogens is 1. The van der Waals surface area contributed by atoms with E-state index in [1.165, 1.54) is 6.07 Å². The second-order valence-corrected chi connectivity index (χ2v) is 1.51. The van der Waals surface area contributed by atoms with Gasteiger partial charge in [-0.25, -0.2) is 0 Å². The van der Waals surface area contributed by atoms with Gasteiger partial charge in [0.2, 0.25) is 0 Å². The van der Waals surface area contributed by atoms with Gasteiger partial charge in [-0.15, -0.1) is 0 Å². The van der Waals surface area contributed by atoms with Crippen LogP contribution in [0, 0.1) is 6.20 Å². The van der Waals surface area contributed by atoms with Crippen LogP contribution >= 0.6 is 0 Å². The first-order chi connectivity index (χ1) is 4.11. The molecule has 0 aromatic carbocycles. The minimum atomic E-state index is -4.26. The van der Waals surface area contributed by atoms with Crippen molar-refractivity contribution in [2.75, 3.05) is 0 Å². The number of hydrogen-bond donors (Lipinski definition) is 1. The lowest BCUT2D eigenvalue weighted by Gasteiger charge is -2.00. The van der Waals surface area contributed by atoms with Crippen molar-refractivity contribution in [3.05, 3.63) is 24.0 Å². The van der Waals surface area contributed by atoms with Crippen molar-refractivity contribution >= 4 is 0 Å². The largest absolute Gasteiger partial charge is 0.431 e. The highest BCUT2D eigenvalue weighted by Crippen LogP contribution is 2.26. The smallest absolute Gasteiger partial charge is 0.350 e. The zero-order valence-corrected chi connectivity index (χ0v) is 4.29. The van der Waals surface area contributed by atoms with Crippen molar-refractivity contribution in [2.45, 2.75) is 6.18 Å². The number of hydrogen-bond acceptors (Lipinski definition) is 0. The third kappa shape index (κ3) is 1.25. The van der Waals surface area contributed by atoms with Crippen LogP contribution < -0.4 is 0 Å². The summed E-state index contributed by atoms with van der Waals surface area (Å²) in [6, 6.07) is 2.11. The van der Waals surface area contributed by atoms with Crippen molar-refractivity contribution in [3.63, 3.8) is 0 Å². The Bertz CT molecular complexity index is 175. The van der Waals surface area contributed by atoms with Gasteiger partial charge in [0.1, 0.15) is 5.69 Å². The highest BCUT2D eigenvalue weighted by Gasteiger charge is 2.31. The van der Waals surface area contributed by atoms with Crippen LogP contribution in [0.1, 0.15) is 5.69 Å². The zero-order valence-electron chi connectivity index (χ0n) is 4.29. The van der Waals surface area contributed by atoms with E-state index in [0.717, 1.165) is 6.07 Å². The lowest BCUT2D eigenvalue weighted by Crippen LogP contribution is -2.04. The Balaban J connectivity index is 2.90. The normalized spacial score (nSPS) is 11.9. The van der Waals surface area contributed by atoms with Gasteiger partial charge in [-0.05, 0) is 12.1 Å². The second kappa shape index (κ2) is 1.79. The predicted octanol–water partition coefficient (Wildman–Crippen LogP) is 1.83. The fourth-order valence-corrected chi connectivity index (χ4v) is 0.451. The highest BCUT2D eigenvalue weighted by molar-refractivity contribution is 5.05. The van der Waals surface area contributed by atoms with Gasteiger partial charge in [0.05, 0.1) is 6.20 Å². The molecule has 0 saturated heterocycles. The van der Waals surface area contributed by atoms with Crippen molar-refractivity contribution in [1.29, 1.82) is 0 Å². The summed E-state index contributed by atoms with van der Waals surface area (Å²) in [5.74, 6) is 0. The van der Waals surface area contributed by atoms with Gasteiger partial charge in [0, 0.05) is 0 Å². The summed E-state index contributed by atoms with van der Waals surface area (Å²) >= 11 is 0. The number of H-pyrrole nitrogens is 1. The molecule has 1 rings (SSSR count). The number of rotatable bonds is 0. The first-order valence-electron chi connectivity index (χ1n) is 2.23. The Hall–Kier alpha value is -0.930. The monoisotopic (exact) mass is 134 g/mol. The molecule has 1 aromatic heterocycles. The van der Waals surface area contributed by atoms with E-state index >= 15 is 0 Å². The molecule has 0 aliphatic carbocycles. The Morgan fingerprint density at radius 1 is 1.44 bits per heavy atom. The maximum absolute atomic E-state index is 11.6. The summed E-state index contributed by atoms with van der Waals surface area (Å²) in [6.45, 7) is 0. The summed E-state index contributed by atoms with van der Waals surface area (Å²) in [5.41, 5.74) is -0.762. The summed E-state index contributed by atoms with van der Waals surface area (Å²) in [6.07, 6.45) is -2.07. The lowest BCUT2D eigenvalue weighted by atomic mass is 10.4. The summed E-state index contributed by atoms with van der Waals surface area (Å²) in [7, 11) is 0. The van der Waals surface area contributed by atoms with E-state index in [1.54, 1.807) is 0 Å². The molecule has 1 N–H and O–H groups in total. The molecule has 0 amide bonds. The minimum absolute atomic E-state index is 0.762. The SMILES string of the molecule is FC(F)(F)c1cc[c][nH]1. The van der Waals surface area contributed by atoms with Gasteiger partial charge in [0.25, 0.3) is 0 Å². The van der Waals surface area contributed by atoms with Gasteiger partial charge in [-0.2, -0.15) is 13.2 Å². The van der Waals surface area contributed by atoms with Crippen LogP contribution in [0.2, 0.25) is 0 Å². The Morgan fingerprint density at radius 3 is 2.33 bits per heavy atom. The minimum Gasteiger partial charge on any atom is -0.350 e. The van der Waals surface area contributed by atoms with Crippen LogP contribution in [-0.2, 0) is 6.18 Å². The molecule has 0 saturated carbocycles. The molecule has 0 atom stereocenters. The molecule has 0 aliphatic heterocycles. The van der Waals surface area contributed by atoms with E-state index < -0.39 is 11.9 Å². The molecule has 1 nitrogen and oxygen atoms in total. The van der Waals surface area contributed by atoms with E-state index in [9.17, 15) is 13.2 Å². The first-order valence-corrected chi connectivity index (χ1v) is 2.23. The topological polar surface area (TPSA) is 15.8 Å². The molecule has 0 fully saturated rings. The maximum Gasteiger partial charge on any atom is 0.431 e. The molecular formula is C5H3F3N. The average Bonchev–Trinajstić information content (AvgIpc) is 2.08. The molecule has 1 heterocycles. The second-order valence-electron chi connectivity index (χ2n) is 1.51. The molecule has 9 heavy (non-hydrogen) atoms. The molecule has 0 spiro atoms. The van der Waals surface area contributed by atoms with E-state index in [1.807, 2.05) is 4.98 Å². The van der Waals surface area contributed by atoms with Gasteiger partial charge < -0.3 is 4.98 Å². The standard InChI is InChI=1S/C5H3F3N/c6-5(7,8)4-2-1-3-9-4/h1-2,9H. The van der Waals surface area contributed by atoms with Gasteiger partial charge in [-0.3, -0.25) is 0 Å². The highest BCUT2D eigenvalue weighted by atomic mass is 19.4. The molecular weight excluding hydrogens is 131 g/mol. The molecule has 0 unspecified atom stereocenters. The summed E-state index contributed by atoms with van der Waals surface area (Å²) in [5, 5.41) is 0. The van der Waals surface area contributed by atoms with Gasteiger partial charge >= 0.3 is 6.18 Å². The first kappa shape index (κ1) is 6.19. The van der Waals surface area contributed by atoms with Crippen molar-refractivity contribution < 1.29 is 13.2 Å². The van der Waals surface area contributed by atoms with Crippen molar-refractivity contribution in [1.82, 2.24) is 4.98 Å². The third-order valence-electron chi connectivity index (χ3n) is 0.846. The van der Waals surface area contributed by atoms with E-state index in [-0.39, 0.29) is 0 Å². The van der Waals surface area contributed by atoms with Crippen molar-refractivity contribution in [3.8, 4) is 0 Å². The predicted molar refractivity (Wildman–Crippen MR) is 24.6 cm³/mol. The number of halogens is 3. The number of alkyl halides is 3. The summed E-state index contributed by atoms with van der Waals surface area (Å²) in [4.78, 5) is 1.93. The Labute approximate surface area is 49.5 Å². The maximum atomic E-state index is 11.6. The van der Waals surface area contributed by atoms with Crippen LogP contribution in [0.15, 0.2) is 12.1 Å². The van der Waals surface area contributed by atoms with Gasteiger partial charge in [-0.1, -0.05) is 0 Å². The quantitative estimate of drug-likeness (QED) is 0.557. The Kier molecular flexibility index (Phi) is 1.23. The van der Waals surface area contributed by atoms with Crippen LogP contribution in [-0.4, -0.2) is 4.98 Å². The van der Waals surface area contributed by atoms with Crippen molar-refractivity contribution in [2.24, 2.45) is 0 Å². The molecule has 49 valence electrons. The van der Waals surface area contributed by atoms with Crippen LogP contribution in [0.4, 0.5) is 13.2 Å². The Morgan fingerprint density at radius 2 is 2.11 bits per heavy atom. The van der Waals surface area contributed by atoms with Crippen LogP contribution in [0.5, 0.6) is 0 Å². The molecule has 0 bridgehead atoms. The van der Waals surface area contributed by atoms with E-state index in [0.29, 0.717) is 0 Å². The fraction of sp³-hybridized carbons (Fsp3) is 0.200. The number of aromatic amines is 1. The van der Waals surface area contributed by atoms with Crippen LogP contribution in [0.3, 0.4) is 0 Å². The fourth-order valence-electron chi connectivity index (χ4n) is 0.451. The van der Waals surface area contributed by atoms with E-state index in [2.05, 4.69) is 6.20 Å². The molecule has 4 heteroatoms. The molecule has 1 aromatic rings. The lowest BCUT2D eigenvalue weighted by molar-refractivity contribution is -0.140.